The molecule has 2 N–H and O–H groups in total. The second-order valence-electron chi connectivity index (χ2n) is 4.95. The number of halogens is 1. The zero-order chi connectivity index (χ0) is 14.7. The van der Waals surface area contributed by atoms with Gasteiger partial charge in [-0.15, -0.1) is 0 Å². The van der Waals surface area contributed by atoms with Gasteiger partial charge in [-0.3, -0.25) is 0 Å². The van der Waals surface area contributed by atoms with Crippen molar-refractivity contribution in [3.05, 3.63) is 78.1 Å². The molecule has 0 spiro atoms. The van der Waals surface area contributed by atoms with Gasteiger partial charge in [0.05, 0.1) is 6.04 Å². The highest BCUT2D eigenvalue weighted by Gasteiger charge is 2.09. The largest absolute Gasteiger partial charge is 0.489 e. The minimum absolute atomic E-state index is 0.230. The van der Waals surface area contributed by atoms with E-state index in [0.29, 0.717) is 0 Å². The average molecular weight is 281 g/mol. The van der Waals surface area contributed by atoms with Crippen LogP contribution >= 0.6 is 0 Å². The van der Waals surface area contributed by atoms with Crippen molar-refractivity contribution < 1.29 is 9.13 Å². The molecule has 3 rings (SSSR count). The fraction of sp³-hybridized carbons (Fsp3) is 0.111. The Morgan fingerprint density at radius 1 is 0.905 bits per heavy atom. The summed E-state index contributed by atoms with van der Waals surface area (Å²) in [6, 6.07) is 20.2. The van der Waals surface area contributed by atoms with Crippen LogP contribution in [0, 0.1) is 5.82 Å². The predicted molar refractivity (Wildman–Crippen MR) is 82.8 cm³/mol. The first kappa shape index (κ1) is 13.6. The first-order valence-electron chi connectivity index (χ1n) is 6.85. The van der Waals surface area contributed by atoms with E-state index >= 15 is 0 Å². The molecule has 0 fully saturated rings. The minimum Gasteiger partial charge on any atom is -0.489 e. The van der Waals surface area contributed by atoms with E-state index in [-0.39, 0.29) is 24.2 Å². The van der Waals surface area contributed by atoms with Crippen LogP contribution in [0.25, 0.3) is 10.8 Å². The van der Waals surface area contributed by atoms with Gasteiger partial charge in [0.2, 0.25) is 0 Å². The number of rotatable bonds is 4. The topological polar surface area (TPSA) is 35.2 Å². The molecule has 0 aliphatic heterocycles. The van der Waals surface area contributed by atoms with Gasteiger partial charge in [-0.1, -0.05) is 48.5 Å². The molecule has 1 atom stereocenters. The van der Waals surface area contributed by atoms with Crippen LogP contribution in [0.1, 0.15) is 11.6 Å². The molecule has 3 aromatic rings. The third-order valence-corrected chi connectivity index (χ3v) is 3.46. The van der Waals surface area contributed by atoms with E-state index in [2.05, 4.69) is 6.07 Å². The lowest BCUT2D eigenvalue weighted by Crippen LogP contribution is -2.19. The van der Waals surface area contributed by atoms with Crippen LogP contribution in [-0.4, -0.2) is 6.61 Å². The summed E-state index contributed by atoms with van der Waals surface area (Å²) in [5, 5.41) is 2.31. The van der Waals surface area contributed by atoms with Crippen molar-refractivity contribution in [3.8, 4) is 5.75 Å². The molecule has 106 valence electrons. The fourth-order valence-electron chi connectivity index (χ4n) is 2.28. The molecule has 0 amide bonds. The van der Waals surface area contributed by atoms with E-state index in [1.54, 1.807) is 18.2 Å². The smallest absolute Gasteiger partial charge is 0.165 e. The van der Waals surface area contributed by atoms with Crippen molar-refractivity contribution >= 4 is 10.8 Å². The fourth-order valence-corrected chi connectivity index (χ4v) is 2.28. The second kappa shape index (κ2) is 5.94. The average Bonchev–Trinajstić information content (AvgIpc) is 2.53. The van der Waals surface area contributed by atoms with Gasteiger partial charge >= 0.3 is 0 Å². The van der Waals surface area contributed by atoms with E-state index < -0.39 is 0 Å². The SMILES string of the molecule is NC(COc1ccccc1F)c1ccc2ccccc2c1. The van der Waals surface area contributed by atoms with Crippen LogP contribution in [0.2, 0.25) is 0 Å². The molecule has 0 radical (unpaired) electrons. The highest BCUT2D eigenvalue weighted by molar-refractivity contribution is 5.83. The van der Waals surface area contributed by atoms with E-state index in [0.717, 1.165) is 10.9 Å². The molecule has 0 aliphatic rings. The lowest BCUT2D eigenvalue weighted by molar-refractivity contribution is 0.277. The standard InChI is InChI=1S/C18H16FNO/c19-16-7-3-4-8-18(16)21-12-17(20)15-10-9-13-5-1-2-6-14(13)11-15/h1-11,17H,12,20H2. The molecule has 0 heterocycles. The monoisotopic (exact) mass is 281 g/mol. The third-order valence-electron chi connectivity index (χ3n) is 3.46. The molecule has 0 bridgehead atoms. The Bertz CT molecular complexity index is 757. The van der Waals surface area contributed by atoms with Crippen LogP contribution < -0.4 is 10.5 Å². The summed E-state index contributed by atoms with van der Waals surface area (Å²) >= 11 is 0. The Hall–Kier alpha value is -2.39. The highest BCUT2D eigenvalue weighted by atomic mass is 19.1. The third kappa shape index (κ3) is 3.03. The Morgan fingerprint density at radius 2 is 1.62 bits per heavy atom. The number of nitrogens with two attached hydrogens (primary N) is 1. The summed E-state index contributed by atoms with van der Waals surface area (Å²) in [4.78, 5) is 0. The second-order valence-corrected chi connectivity index (χ2v) is 4.95. The molecule has 1 unspecified atom stereocenters. The lowest BCUT2D eigenvalue weighted by atomic mass is 10.0. The lowest BCUT2D eigenvalue weighted by Gasteiger charge is -2.14. The van der Waals surface area contributed by atoms with Crippen LogP contribution in [0.3, 0.4) is 0 Å². The van der Waals surface area contributed by atoms with Gasteiger partial charge in [-0.05, 0) is 34.5 Å². The molecule has 21 heavy (non-hydrogen) atoms. The number of ether oxygens (including phenoxy) is 1. The molecular weight excluding hydrogens is 265 g/mol. The molecule has 2 nitrogen and oxygen atoms in total. The first-order valence-corrected chi connectivity index (χ1v) is 6.85. The zero-order valence-electron chi connectivity index (χ0n) is 11.5. The Morgan fingerprint density at radius 3 is 2.43 bits per heavy atom. The zero-order valence-corrected chi connectivity index (χ0v) is 11.5. The molecule has 0 aliphatic carbocycles. The van der Waals surface area contributed by atoms with Crippen molar-refractivity contribution in [1.82, 2.24) is 0 Å². The first-order chi connectivity index (χ1) is 10.2. The quantitative estimate of drug-likeness (QED) is 0.782. The van der Waals surface area contributed by atoms with Crippen molar-refractivity contribution in [1.29, 1.82) is 0 Å². The van der Waals surface area contributed by atoms with Crippen molar-refractivity contribution in [2.75, 3.05) is 6.61 Å². The molecular formula is C18H16FNO. The van der Waals surface area contributed by atoms with E-state index in [1.165, 1.54) is 11.5 Å². The van der Waals surface area contributed by atoms with Gasteiger partial charge in [-0.2, -0.15) is 0 Å². The summed E-state index contributed by atoms with van der Waals surface area (Å²) in [5.41, 5.74) is 7.11. The Balaban J connectivity index is 1.75. The summed E-state index contributed by atoms with van der Waals surface area (Å²) < 4.78 is 19.0. The number of para-hydroxylation sites is 1. The van der Waals surface area contributed by atoms with Crippen LogP contribution in [0.15, 0.2) is 66.7 Å². The summed E-state index contributed by atoms with van der Waals surface area (Å²) in [5.74, 6) is -0.142. The van der Waals surface area contributed by atoms with E-state index in [1.807, 2.05) is 36.4 Å². The van der Waals surface area contributed by atoms with Gasteiger partial charge in [0.15, 0.2) is 11.6 Å². The number of benzene rings is 3. The summed E-state index contributed by atoms with van der Waals surface area (Å²) in [6.07, 6.45) is 0. The van der Waals surface area contributed by atoms with E-state index in [9.17, 15) is 4.39 Å². The Kier molecular flexibility index (Phi) is 3.84. The van der Waals surface area contributed by atoms with Gasteiger partial charge < -0.3 is 10.5 Å². The van der Waals surface area contributed by atoms with E-state index in [4.69, 9.17) is 10.5 Å². The maximum atomic E-state index is 13.5. The highest BCUT2D eigenvalue weighted by Crippen LogP contribution is 2.21. The van der Waals surface area contributed by atoms with Gasteiger partial charge in [0.25, 0.3) is 0 Å². The summed E-state index contributed by atoms with van der Waals surface area (Å²) in [7, 11) is 0. The number of hydrogen-bond donors (Lipinski definition) is 1. The number of hydrogen-bond acceptors (Lipinski definition) is 2. The van der Waals surface area contributed by atoms with Crippen LogP contribution in [0.4, 0.5) is 4.39 Å². The normalized spacial score (nSPS) is 12.3. The summed E-state index contributed by atoms with van der Waals surface area (Å²) in [6.45, 7) is 0.235. The molecule has 3 aromatic carbocycles. The van der Waals surface area contributed by atoms with Gasteiger partial charge in [-0.25, -0.2) is 4.39 Å². The predicted octanol–water partition coefficient (Wildman–Crippen LogP) is 4.06. The molecule has 3 heteroatoms. The molecule has 0 aromatic heterocycles. The van der Waals surface area contributed by atoms with Crippen LogP contribution in [0.5, 0.6) is 5.75 Å². The number of fused-ring (bicyclic) bond motifs is 1. The minimum atomic E-state index is -0.372. The van der Waals surface area contributed by atoms with Crippen molar-refractivity contribution in [2.45, 2.75) is 6.04 Å². The van der Waals surface area contributed by atoms with Gasteiger partial charge in [0, 0.05) is 0 Å². The maximum Gasteiger partial charge on any atom is 0.165 e. The van der Waals surface area contributed by atoms with Gasteiger partial charge in [0.1, 0.15) is 6.61 Å². The maximum absolute atomic E-state index is 13.5. The van der Waals surface area contributed by atoms with Crippen LogP contribution in [-0.2, 0) is 0 Å². The van der Waals surface area contributed by atoms with Crippen molar-refractivity contribution in [2.24, 2.45) is 5.73 Å². The van der Waals surface area contributed by atoms with Crippen molar-refractivity contribution in [3.63, 3.8) is 0 Å². The Labute approximate surface area is 123 Å². The molecule has 0 saturated heterocycles. The molecule has 0 saturated carbocycles.